The molecule has 0 amide bonds. The van der Waals surface area contributed by atoms with Crippen molar-refractivity contribution >= 4 is 5.69 Å². The fourth-order valence-corrected chi connectivity index (χ4v) is 1.66. The largest absolute Gasteiger partial charge is 0.476 e. The Bertz CT molecular complexity index is 556. The smallest absolute Gasteiger partial charge is 0.249 e. The lowest BCUT2D eigenvalue weighted by molar-refractivity contribution is 0.304. The summed E-state index contributed by atoms with van der Waals surface area (Å²) < 4.78 is 11.1. The molecule has 0 saturated heterocycles. The topological polar surface area (TPSA) is 70.3 Å². The van der Waals surface area contributed by atoms with E-state index in [-0.39, 0.29) is 0 Å². The molecule has 1 aromatic heterocycles. The SMILES string of the molecule is CCCOc1ncnc(Oc2ccc(CC)cc2)c1N. The number of nitrogens with zero attached hydrogens (tertiary/aromatic N) is 2. The van der Waals surface area contributed by atoms with Crippen molar-refractivity contribution in [3.8, 4) is 17.5 Å². The van der Waals surface area contributed by atoms with Crippen molar-refractivity contribution in [2.75, 3.05) is 12.3 Å². The molecule has 0 fully saturated rings. The summed E-state index contributed by atoms with van der Waals surface area (Å²) in [5.41, 5.74) is 7.52. The highest BCUT2D eigenvalue weighted by Gasteiger charge is 2.11. The van der Waals surface area contributed by atoms with E-state index in [1.165, 1.54) is 11.9 Å². The third-order valence-corrected chi connectivity index (χ3v) is 2.80. The zero-order valence-corrected chi connectivity index (χ0v) is 11.8. The van der Waals surface area contributed by atoms with Crippen molar-refractivity contribution in [2.24, 2.45) is 0 Å². The molecule has 106 valence electrons. The molecular formula is C15H19N3O2. The maximum atomic E-state index is 5.95. The second-order valence-corrected chi connectivity index (χ2v) is 4.35. The zero-order chi connectivity index (χ0) is 14.4. The average Bonchev–Trinajstić information content (AvgIpc) is 2.49. The van der Waals surface area contributed by atoms with Gasteiger partial charge in [0.2, 0.25) is 11.8 Å². The van der Waals surface area contributed by atoms with Gasteiger partial charge in [-0.25, -0.2) is 0 Å². The van der Waals surface area contributed by atoms with Crippen LogP contribution in [0.25, 0.3) is 0 Å². The molecule has 0 bridgehead atoms. The van der Waals surface area contributed by atoms with Gasteiger partial charge in [-0.05, 0) is 30.5 Å². The summed E-state index contributed by atoms with van der Waals surface area (Å²) in [6.45, 7) is 4.69. The number of ether oxygens (including phenoxy) is 2. The maximum absolute atomic E-state index is 5.95. The van der Waals surface area contributed by atoms with Gasteiger partial charge in [0, 0.05) is 0 Å². The van der Waals surface area contributed by atoms with E-state index in [0.717, 1.165) is 12.8 Å². The van der Waals surface area contributed by atoms with E-state index in [0.29, 0.717) is 29.8 Å². The first-order valence-electron chi connectivity index (χ1n) is 6.74. The van der Waals surface area contributed by atoms with Crippen LogP contribution in [0.5, 0.6) is 17.5 Å². The molecule has 0 unspecified atom stereocenters. The van der Waals surface area contributed by atoms with E-state index in [9.17, 15) is 0 Å². The molecule has 2 N–H and O–H groups in total. The zero-order valence-electron chi connectivity index (χ0n) is 11.8. The highest BCUT2D eigenvalue weighted by molar-refractivity contribution is 5.56. The number of rotatable bonds is 6. The number of aryl methyl sites for hydroxylation is 1. The first-order chi connectivity index (χ1) is 9.74. The molecule has 1 heterocycles. The highest BCUT2D eigenvalue weighted by atomic mass is 16.5. The van der Waals surface area contributed by atoms with E-state index in [1.54, 1.807) is 0 Å². The van der Waals surface area contributed by atoms with Crippen molar-refractivity contribution in [1.29, 1.82) is 0 Å². The number of hydrogen-bond donors (Lipinski definition) is 1. The molecule has 0 saturated carbocycles. The van der Waals surface area contributed by atoms with Crippen molar-refractivity contribution in [2.45, 2.75) is 26.7 Å². The summed E-state index contributed by atoms with van der Waals surface area (Å²) in [6, 6.07) is 7.82. The maximum Gasteiger partial charge on any atom is 0.249 e. The summed E-state index contributed by atoms with van der Waals surface area (Å²) in [6.07, 6.45) is 3.26. The summed E-state index contributed by atoms with van der Waals surface area (Å²) in [5, 5.41) is 0. The number of benzene rings is 1. The van der Waals surface area contributed by atoms with Crippen LogP contribution in [0.2, 0.25) is 0 Å². The number of anilines is 1. The molecule has 0 atom stereocenters. The van der Waals surface area contributed by atoms with E-state index in [2.05, 4.69) is 16.9 Å². The normalized spacial score (nSPS) is 10.3. The number of nitrogen functional groups attached to an aromatic ring is 1. The number of aromatic nitrogens is 2. The Balaban J connectivity index is 2.15. The molecule has 2 aromatic rings. The molecule has 20 heavy (non-hydrogen) atoms. The fraction of sp³-hybridized carbons (Fsp3) is 0.333. The molecule has 5 heteroatoms. The predicted octanol–water partition coefficient (Wildman–Crippen LogP) is 3.20. The Kier molecular flexibility index (Phi) is 4.76. The lowest BCUT2D eigenvalue weighted by Crippen LogP contribution is -2.04. The minimum Gasteiger partial charge on any atom is -0.476 e. The van der Waals surface area contributed by atoms with Gasteiger partial charge in [-0.1, -0.05) is 26.0 Å². The molecule has 0 aliphatic heterocycles. The Morgan fingerprint density at radius 1 is 1.05 bits per heavy atom. The van der Waals surface area contributed by atoms with Gasteiger partial charge in [0.15, 0.2) is 5.69 Å². The van der Waals surface area contributed by atoms with Crippen molar-refractivity contribution < 1.29 is 9.47 Å². The van der Waals surface area contributed by atoms with Gasteiger partial charge < -0.3 is 15.2 Å². The van der Waals surface area contributed by atoms with Gasteiger partial charge in [-0.2, -0.15) is 9.97 Å². The first kappa shape index (κ1) is 14.1. The van der Waals surface area contributed by atoms with Crippen molar-refractivity contribution in [3.63, 3.8) is 0 Å². The summed E-state index contributed by atoms with van der Waals surface area (Å²) in [7, 11) is 0. The quantitative estimate of drug-likeness (QED) is 0.875. The molecule has 0 aliphatic carbocycles. The van der Waals surface area contributed by atoms with Gasteiger partial charge >= 0.3 is 0 Å². The monoisotopic (exact) mass is 273 g/mol. The van der Waals surface area contributed by atoms with E-state index in [4.69, 9.17) is 15.2 Å². The third kappa shape index (κ3) is 3.38. The second kappa shape index (κ2) is 6.75. The number of hydrogen-bond acceptors (Lipinski definition) is 5. The lowest BCUT2D eigenvalue weighted by Gasteiger charge is -2.10. The predicted molar refractivity (Wildman–Crippen MR) is 78.1 cm³/mol. The minimum atomic E-state index is 0.315. The standard InChI is InChI=1S/C15H19N3O2/c1-3-9-19-14-13(16)15(18-10-17-14)20-12-7-5-11(4-2)6-8-12/h5-8,10H,3-4,9,16H2,1-2H3. The Morgan fingerprint density at radius 2 is 1.75 bits per heavy atom. The Morgan fingerprint density at radius 3 is 2.40 bits per heavy atom. The van der Waals surface area contributed by atoms with Gasteiger partial charge in [0.1, 0.15) is 12.1 Å². The van der Waals surface area contributed by atoms with Crippen LogP contribution in [0, 0.1) is 0 Å². The second-order valence-electron chi connectivity index (χ2n) is 4.35. The summed E-state index contributed by atoms with van der Waals surface area (Å²) in [5.74, 6) is 1.37. The third-order valence-electron chi connectivity index (χ3n) is 2.80. The molecule has 5 nitrogen and oxygen atoms in total. The van der Waals surface area contributed by atoms with Gasteiger partial charge in [0.05, 0.1) is 6.61 Å². The van der Waals surface area contributed by atoms with Crippen molar-refractivity contribution in [1.82, 2.24) is 9.97 Å². The van der Waals surface area contributed by atoms with Crippen LogP contribution < -0.4 is 15.2 Å². The van der Waals surface area contributed by atoms with Crippen LogP contribution in [0.15, 0.2) is 30.6 Å². The Labute approximate surface area is 118 Å². The van der Waals surface area contributed by atoms with Gasteiger partial charge in [-0.15, -0.1) is 0 Å². The van der Waals surface area contributed by atoms with Crippen LogP contribution in [0.4, 0.5) is 5.69 Å². The average molecular weight is 273 g/mol. The van der Waals surface area contributed by atoms with Crippen molar-refractivity contribution in [3.05, 3.63) is 36.2 Å². The van der Waals surface area contributed by atoms with Crippen LogP contribution in [-0.2, 0) is 6.42 Å². The Hall–Kier alpha value is -2.30. The van der Waals surface area contributed by atoms with E-state index >= 15 is 0 Å². The number of nitrogens with two attached hydrogens (primary N) is 1. The summed E-state index contributed by atoms with van der Waals surface area (Å²) in [4.78, 5) is 8.05. The molecule has 1 aromatic carbocycles. The molecule has 0 aliphatic rings. The highest BCUT2D eigenvalue weighted by Crippen LogP contribution is 2.30. The van der Waals surface area contributed by atoms with E-state index in [1.807, 2.05) is 31.2 Å². The molecule has 2 rings (SSSR count). The summed E-state index contributed by atoms with van der Waals surface area (Å²) >= 11 is 0. The minimum absolute atomic E-state index is 0.315. The van der Waals surface area contributed by atoms with Gasteiger partial charge in [0.25, 0.3) is 0 Å². The van der Waals surface area contributed by atoms with Crippen LogP contribution in [0.3, 0.4) is 0 Å². The molecular weight excluding hydrogens is 254 g/mol. The van der Waals surface area contributed by atoms with Crippen LogP contribution >= 0.6 is 0 Å². The van der Waals surface area contributed by atoms with E-state index < -0.39 is 0 Å². The molecule has 0 radical (unpaired) electrons. The van der Waals surface area contributed by atoms with Gasteiger partial charge in [-0.3, -0.25) is 0 Å². The van der Waals surface area contributed by atoms with Crippen LogP contribution in [0.1, 0.15) is 25.8 Å². The fourth-order valence-electron chi connectivity index (χ4n) is 1.66. The first-order valence-corrected chi connectivity index (χ1v) is 6.74. The van der Waals surface area contributed by atoms with Crippen LogP contribution in [-0.4, -0.2) is 16.6 Å². The molecule has 0 spiro atoms. The lowest BCUT2D eigenvalue weighted by atomic mass is 10.2.